The molecule has 1 aromatic heterocycles. The highest BCUT2D eigenvalue weighted by molar-refractivity contribution is 9.09. The average molecular weight is 284 g/mol. The van der Waals surface area contributed by atoms with Gasteiger partial charge in [0.25, 0.3) is 0 Å². The van der Waals surface area contributed by atoms with Crippen LogP contribution >= 0.6 is 15.9 Å². The van der Waals surface area contributed by atoms with Gasteiger partial charge in [0, 0.05) is 0 Å². The first kappa shape index (κ1) is 12.3. The first-order valence-electron chi connectivity index (χ1n) is 4.18. The van der Waals surface area contributed by atoms with Gasteiger partial charge < -0.3 is 4.74 Å². The standard InChI is InChI=1S/C9H9BrF3NO/c1-6(10)8-3-2-7(4-14-8)15-5-9(11,12)13/h2-4,6H,5H2,1H3. The van der Waals surface area contributed by atoms with Crippen LogP contribution in [0.15, 0.2) is 18.3 Å². The summed E-state index contributed by atoms with van der Waals surface area (Å²) in [7, 11) is 0. The van der Waals surface area contributed by atoms with Crippen molar-refractivity contribution in [2.24, 2.45) is 0 Å². The van der Waals surface area contributed by atoms with Crippen molar-refractivity contribution in [3.05, 3.63) is 24.0 Å². The van der Waals surface area contributed by atoms with E-state index in [1.165, 1.54) is 12.3 Å². The first-order chi connectivity index (χ1) is 6.88. The van der Waals surface area contributed by atoms with Gasteiger partial charge in [-0.05, 0) is 19.1 Å². The number of halogens is 4. The minimum absolute atomic E-state index is 0.0640. The molecule has 0 amide bonds. The summed E-state index contributed by atoms with van der Waals surface area (Å²) in [6, 6.07) is 3.08. The number of ether oxygens (including phenoxy) is 1. The van der Waals surface area contributed by atoms with E-state index in [1.54, 1.807) is 6.07 Å². The molecule has 0 aliphatic carbocycles. The van der Waals surface area contributed by atoms with Gasteiger partial charge in [-0.3, -0.25) is 4.98 Å². The van der Waals surface area contributed by atoms with Gasteiger partial charge >= 0.3 is 6.18 Å². The summed E-state index contributed by atoms with van der Waals surface area (Å²) in [4.78, 5) is 4.00. The van der Waals surface area contributed by atoms with Crippen LogP contribution in [0.1, 0.15) is 17.4 Å². The van der Waals surface area contributed by atoms with Crippen molar-refractivity contribution >= 4 is 15.9 Å². The first-order valence-corrected chi connectivity index (χ1v) is 5.09. The third kappa shape index (κ3) is 4.51. The van der Waals surface area contributed by atoms with Crippen LogP contribution in [0, 0.1) is 0 Å². The second kappa shape index (κ2) is 4.83. The summed E-state index contributed by atoms with van der Waals surface area (Å²) < 4.78 is 39.9. The normalized spacial score (nSPS) is 13.7. The molecule has 0 N–H and O–H groups in total. The molecule has 0 spiro atoms. The molecule has 0 saturated carbocycles. The molecule has 1 heterocycles. The van der Waals surface area contributed by atoms with E-state index in [4.69, 9.17) is 0 Å². The Labute approximate surface area is 93.6 Å². The van der Waals surface area contributed by atoms with Crippen LogP contribution in [0.25, 0.3) is 0 Å². The quantitative estimate of drug-likeness (QED) is 0.793. The predicted molar refractivity (Wildman–Crippen MR) is 53.1 cm³/mol. The van der Waals surface area contributed by atoms with E-state index in [0.29, 0.717) is 0 Å². The molecule has 1 atom stereocenters. The van der Waals surface area contributed by atoms with Gasteiger partial charge in [-0.25, -0.2) is 0 Å². The van der Waals surface area contributed by atoms with Gasteiger partial charge in [-0.1, -0.05) is 15.9 Å². The molecule has 0 aliphatic heterocycles. The predicted octanol–water partition coefficient (Wildman–Crippen LogP) is 3.48. The maximum atomic E-state index is 11.8. The summed E-state index contributed by atoms with van der Waals surface area (Å²) in [5, 5.41) is 0. The van der Waals surface area contributed by atoms with E-state index < -0.39 is 12.8 Å². The van der Waals surface area contributed by atoms with Crippen molar-refractivity contribution in [1.82, 2.24) is 4.98 Å². The summed E-state index contributed by atoms with van der Waals surface area (Å²) in [6.45, 7) is 0.580. The van der Waals surface area contributed by atoms with Crippen molar-refractivity contribution in [2.45, 2.75) is 17.9 Å². The van der Waals surface area contributed by atoms with Crippen LogP contribution in [0.5, 0.6) is 5.75 Å². The third-order valence-electron chi connectivity index (χ3n) is 1.57. The Kier molecular flexibility index (Phi) is 3.96. The van der Waals surface area contributed by atoms with Crippen molar-refractivity contribution < 1.29 is 17.9 Å². The van der Waals surface area contributed by atoms with E-state index in [9.17, 15) is 13.2 Å². The van der Waals surface area contributed by atoms with Gasteiger partial charge in [0.1, 0.15) is 5.75 Å². The second-order valence-electron chi connectivity index (χ2n) is 2.94. The van der Waals surface area contributed by atoms with E-state index in [1.807, 2.05) is 6.92 Å². The Morgan fingerprint density at radius 3 is 2.53 bits per heavy atom. The minimum atomic E-state index is -4.32. The molecule has 2 nitrogen and oxygen atoms in total. The van der Waals surface area contributed by atoms with E-state index >= 15 is 0 Å². The molecule has 1 unspecified atom stereocenters. The molecule has 0 fully saturated rings. The molecule has 0 aliphatic rings. The number of alkyl halides is 4. The Morgan fingerprint density at radius 1 is 1.47 bits per heavy atom. The van der Waals surface area contributed by atoms with E-state index in [-0.39, 0.29) is 10.6 Å². The Morgan fingerprint density at radius 2 is 2.13 bits per heavy atom. The zero-order valence-corrected chi connectivity index (χ0v) is 9.47. The maximum absolute atomic E-state index is 11.8. The van der Waals surface area contributed by atoms with Crippen LogP contribution < -0.4 is 4.74 Å². The maximum Gasteiger partial charge on any atom is 0.422 e. The highest BCUT2D eigenvalue weighted by Gasteiger charge is 2.28. The van der Waals surface area contributed by atoms with Crippen LogP contribution in [0.3, 0.4) is 0 Å². The fourth-order valence-corrected chi connectivity index (χ4v) is 1.15. The number of aromatic nitrogens is 1. The Bertz CT molecular complexity index is 310. The van der Waals surface area contributed by atoms with Gasteiger partial charge in [0.15, 0.2) is 6.61 Å². The molecule has 6 heteroatoms. The fourth-order valence-electron chi connectivity index (χ4n) is 0.878. The molecule has 15 heavy (non-hydrogen) atoms. The van der Waals surface area contributed by atoms with Crippen LogP contribution in [-0.2, 0) is 0 Å². The number of nitrogens with zero attached hydrogens (tertiary/aromatic N) is 1. The van der Waals surface area contributed by atoms with Gasteiger partial charge in [0.05, 0.1) is 16.7 Å². The number of hydrogen-bond acceptors (Lipinski definition) is 2. The highest BCUT2D eigenvalue weighted by atomic mass is 79.9. The van der Waals surface area contributed by atoms with Crippen molar-refractivity contribution in [3.8, 4) is 5.75 Å². The molecule has 84 valence electrons. The van der Waals surface area contributed by atoms with Crippen LogP contribution in [0.4, 0.5) is 13.2 Å². The van der Waals surface area contributed by atoms with Gasteiger partial charge in [-0.2, -0.15) is 13.2 Å². The van der Waals surface area contributed by atoms with E-state index in [2.05, 4.69) is 25.7 Å². The largest absolute Gasteiger partial charge is 0.483 e. The molecular weight excluding hydrogens is 275 g/mol. The SMILES string of the molecule is CC(Br)c1ccc(OCC(F)(F)F)cn1. The lowest BCUT2D eigenvalue weighted by Gasteiger charge is -2.09. The lowest BCUT2D eigenvalue weighted by atomic mass is 10.3. The molecule has 0 aromatic carbocycles. The lowest BCUT2D eigenvalue weighted by Crippen LogP contribution is -2.19. The van der Waals surface area contributed by atoms with Gasteiger partial charge in [0.2, 0.25) is 0 Å². The molecule has 0 saturated heterocycles. The topological polar surface area (TPSA) is 22.1 Å². The summed E-state index contributed by atoms with van der Waals surface area (Å²) in [5.74, 6) is 0.115. The third-order valence-corrected chi connectivity index (χ3v) is 2.04. The zero-order valence-electron chi connectivity index (χ0n) is 7.88. The van der Waals surface area contributed by atoms with Crippen molar-refractivity contribution in [3.63, 3.8) is 0 Å². The van der Waals surface area contributed by atoms with E-state index in [0.717, 1.165) is 5.69 Å². The summed E-state index contributed by atoms with van der Waals surface area (Å²) in [6.07, 6.45) is -3.04. The minimum Gasteiger partial charge on any atom is -0.483 e. The molecule has 1 aromatic rings. The second-order valence-corrected chi connectivity index (χ2v) is 4.31. The Hall–Kier alpha value is -0.780. The zero-order chi connectivity index (χ0) is 11.5. The van der Waals surface area contributed by atoms with Crippen LogP contribution in [-0.4, -0.2) is 17.8 Å². The van der Waals surface area contributed by atoms with Crippen LogP contribution in [0.2, 0.25) is 0 Å². The highest BCUT2D eigenvalue weighted by Crippen LogP contribution is 2.22. The Balaban J connectivity index is 2.57. The molecule has 0 bridgehead atoms. The lowest BCUT2D eigenvalue weighted by molar-refractivity contribution is -0.153. The number of pyridine rings is 1. The fraction of sp³-hybridized carbons (Fsp3) is 0.444. The molecule has 0 radical (unpaired) electrons. The number of hydrogen-bond donors (Lipinski definition) is 0. The van der Waals surface area contributed by atoms with Crippen molar-refractivity contribution in [1.29, 1.82) is 0 Å². The summed E-state index contributed by atoms with van der Waals surface area (Å²) >= 11 is 3.29. The average Bonchev–Trinajstić information content (AvgIpc) is 2.14. The molecule has 1 rings (SSSR count). The smallest absolute Gasteiger partial charge is 0.422 e. The monoisotopic (exact) mass is 283 g/mol. The molecular formula is C9H9BrF3NO. The van der Waals surface area contributed by atoms with Crippen molar-refractivity contribution in [2.75, 3.05) is 6.61 Å². The summed E-state index contributed by atoms with van der Waals surface area (Å²) in [5.41, 5.74) is 0.745. The number of rotatable bonds is 3. The van der Waals surface area contributed by atoms with Gasteiger partial charge in [-0.15, -0.1) is 0 Å².